The lowest BCUT2D eigenvalue weighted by Crippen LogP contribution is -2.38. The Kier molecular flexibility index (Phi) is 4.28. The Bertz CT molecular complexity index is 608. The van der Waals surface area contributed by atoms with E-state index < -0.39 is 0 Å². The summed E-state index contributed by atoms with van der Waals surface area (Å²) in [5, 5.41) is 0. The third-order valence-electron chi connectivity index (χ3n) is 3.68. The maximum absolute atomic E-state index is 5.91. The van der Waals surface area contributed by atoms with Gasteiger partial charge in [0.2, 0.25) is 0 Å². The first-order valence-corrected chi connectivity index (χ1v) is 8.05. The van der Waals surface area contributed by atoms with E-state index in [0.29, 0.717) is 0 Å². The standard InChI is InChI=1S/C15H20N4OS/c1-10-6-13(18-12(3)17-10)14-7-19(4-5-20-14)8-15-11(2)16-9-21-15/h6,9,14H,4-5,7-8H2,1-3H3/t14-/m1/s1. The smallest absolute Gasteiger partial charge is 0.125 e. The van der Waals surface area contributed by atoms with E-state index >= 15 is 0 Å². The topological polar surface area (TPSA) is 51.1 Å². The lowest BCUT2D eigenvalue weighted by Gasteiger charge is -2.32. The Hall–Kier alpha value is -1.37. The quantitative estimate of drug-likeness (QED) is 0.871. The van der Waals surface area contributed by atoms with Gasteiger partial charge >= 0.3 is 0 Å². The van der Waals surface area contributed by atoms with Crippen molar-refractivity contribution < 1.29 is 4.74 Å². The molecule has 0 spiro atoms. The van der Waals surface area contributed by atoms with E-state index in [1.165, 1.54) is 4.88 Å². The summed E-state index contributed by atoms with van der Waals surface area (Å²) in [6.45, 7) is 9.51. The van der Waals surface area contributed by atoms with E-state index in [-0.39, 0.29) is 6.10 Å². The van der Waals surface area contributed by atoms with Crippen LogP contribution < -0.4 is 0 Å². The molecule has 1 atom stereocenters. The monoisotopic (exact) mass is 304 g/mol. The highest BCUT2D eigenvalue weighted by Gasteiger charge is 2.24. The SMILES string of the molecule is Cc1cc([C@H]2CN(Cc3scnc3C)CCO2)nc(C)n1. The molecule has 2 aromatic heterocycles. The zero-order valence-corrected chi connectivity index (χ0v) is 13.5. The molecular formula is C15H20N4OS. The Balaban J connectivity index is 1.72. The first kappa shape index (κ1) is 14.6. The number of hydrogen-bond donors (Lipinski definition) is 0. The van der Waals surface area contributed by atoms with Crippen molar-refractivity contribution in [2.45, 2.75) is 33.4 Å². The fourth-order valence-corrected chi connectivity index (χ4v) is 3.44. The van der Waals surface area contributed by atoms with E-state index in [9.17, 15) is 0 Å². The number of ether oxygens (including phenoxy) is 1. The maximum Gasteiger partial charge on any atom is 0.125 e. The minimum atomic E-state index is 0.0346. The lowest BCUT2D eigenvalue weighted by molar-refractivity contribution is -0.0349. The predicted octanol–water partition coefficient (Wildman–Crippen LogP) is 2.43. The van der Waals surface area contributed by atoms with Crippen molar-refractivity contribution in [3.8, 4) is 0 Å². The molecule has 112 valence electrons. The highest BCUT2D eigenvalue weighted by Crippen LogP contribution is 2.24. The molecule has 0 unspecified atom stereocenters. The van der Waals surface area contributed by atoms with Gasteiger partial charge in [0.15, 0.2) is 0 Å². The van der Waals surface area contributed by atoms with Gasteiger partial charge in [0.1, 0.15) is 11.9 Å². The molecule has 1 aliphatic rings. The Morgan fingerprint density at radius 3 is 2.90 bits per heavy atom. The van der Waals surface area contributed by atoms with Crippen LogP contribution in [0.5, 0.6) is 0 Å². The number of aromatic nitrogens is 3. The zero-order valence-electron chi connectivity index (χ0n) is 12.7. The molecule has 5 nitrogen and oxygen atoms in total. The molecule has 1 aliphatic heterocycles. The fourth-order valence-electron chi connectivity index (χ4n) is 2.62. The van der Waals surface area contributed by atoms with Crippen LogP contribution in [-0.2, 0) is 11.3 Å². The van der Waals surface area contributed by atoms with E-state index in [4.69, 9.17) is 4.74 Å². The van der Waals surface area contributed by atoms with Gasteiger partial charge in [-0.3, -0.25) is 4.90 Å². The van der Waals surface area contributed by atoms with Gasteiger partial charge in [0.05, 0.1) is 23.5 Å². The first-order chi connectivity index (χ1) is 10.1. The van der Waals surface area contributed by atoms with Crippen LogP contribution in [0.25, 0.3) is 0 Å². The van der Waals surface area contributed by atoms with Crippen LogP contribution in [0, 0.1) is 20.8 Å². The van der Waals surface area contributed by atoms with Crippen molar-refractivity contribution in [3.63, 3.8) is 0 Å². The number of aryl methyl sites for hydroxylation is 3. The lowest BCUT2D eigenvalue weighted by atomic mass is 10.1. The summed E-state index contributed by atoms with van der Waals surface area (Å²) in [6.07, 6.45) is 0.0346. The first-order valence-electron chi connectivity index (χ1n) is 7.17. The summed E-state index contributed by atoms with van der Waals surface area (Å²) in [6, 6.07) is 2.03. The van der Waals surface area contributed by atoms with Gasteiger partial charge < -0.3 is 4.74 Å². The highest BCUT2D eigenvalue weighted by atomic mass is 32.1. The number of hydrogen-bond acceptors (Lipinski definition) is 6. The van der Waals surface area contributed by atoms with E-state index in [0.717, 1.165) is 49.1 Å². The predicted molar refractivity (Wildman–Crippen MR) is 82.3 cm³/mol. The number of nitrogens with zero attached hydrogens (tertiary/aromatic N) is 4. The maximum atomic E-state index is 5.91. The van der Waals surface area contributed by atoms with Gasteiger partial charge in [-0.2, -0.15) is 0 Å². The van der Waals surface area contributed by atoms with E-state index in [1.54, 1.807) is 11.3 Å². The molecule has 0 aromatic carbocycles. The molecule has 3 rings (SSSR count). The van der Waals surface area contributed by atoms with Crippen molar-refractivity contribution >= 4 is 11.3 Å². The Morgan fingerprint density at radius 2 is 2.19 bits per heavy atom. The minimum absolute atomic E-state index is 0.0346. The molecule has 1 fully saturated rings. The summed E-state index contributed by atoms with van der Waals surface area (Å²) in [5.74, 6) is 0.809. The number of rotatable bonds is 3. The summed E-state index contributed by atoms with van der Waals surface area (Å²) < 4.78 is 5.91. The van der Waals surface area contributed by atoms with Gasteiger partial charge in [-0.15, -0.1) is 11.3 Å². The van der Waals surface area contributed by atoms with Crippen molar-refractivity contribution in [3.05, 3.63) is 39.4 Å². The normalized spacial score (nSPS) is 19.9. The average Bonchev–Trinajstić information content (AvgIpc) is 2.84. The van der Waals surface area contributed by atoms with Crippen LogP contribution in [0.4, 0.5) is 0 Å². The second kappa shape index (κ2) is 6.17. The largest absolute Gasteiger partial charge is 0.369 e. The Labute approximate surface area is 129 Å². The zero-order chi connectivity index (χ0) is 14.8. The molecule has 0 N–H and O–H groups in total. The highest BCUT2D eigenvalue weighted by molar-refractivity contribution is 7.09. The van der Waals surface area contributed by atoms with Gasteiger partial charge in [-0.25, -0.2) is 15.0 Å². The summed E-state index contributed by atoms with van der Waals surface area (Å²) >= 11 is 1.73. The minimum Gasteiger partial charge on any atom is -0.369 e. The van der Waals surface area contributed by atoms with Crippen molar-refractivity contribution in [2.24, 2.45) is 0 Å². The van der Waals surface area contributed by atoms with Crippen LogP contribution in [-0.4, -0.2) is 39.5 Å². The molecule has 0 amide bonds. The van der Waals surface area contributed by atoms with Crippen LogP contribution >= 0.6 is 11.3 Å². The van der Waals surface area contributed by atoms with Crippen LogP contribution in [0.2, 0.25) is 0 Å². The van der Waals surface area contributed by atoms with Gasteiger partial charge in [-0.05, 0) is 26.8 Å². The van der Waals surface area contributed by atoms with Gasteiger partial charge in [-0.1, -0.05) is 0 Å². The molecule has 0 radical (unpaired) electrons. The molecule has 2 aromatic rings. The van der Waals surface area contributed by atoms with Crippen molar-refractivity contribution in [1.29, 1.82) is 0 Å². The molecule has 6 heteroatoms. The second-order valence-corrected chi connectivity index (χ2v) is 6.38. The summed E-state index contributed by atoms with van der Waals surface area (Å²) in [5.41, 5.74) is 5.04. The third kappa shape index (κ3) is 3.45. The summed E-state index contributed by atoms with van der Waals surface area (Å²) in [4.78, 5) is 16.9. The molecule has 3 heterocycles. The number of morpholine rings is 1. The Morgan fingerprint density at radius 1 is 1.33 bits per heavy atom. The molecule has 0 bridgehead atoms. The van der Waals surface area contributed by atoms with E-state index in [1.807, 2.05) is 25.4 Å². The number of thiazole rings is 1. The van der Waals surface area contributed by atoms with Gasteiger partial charge in [0.25, 0.3) is 0 Å². The van der Waals surface area contributed by atoms with Crippen LogP contribution in [0.15, 0.2) is 11.6 Å². The van der Waals surface area contributed by atoms with Gasteiger partial charge in [0, 0.05) is 30.2 Å². The molecular weight excluding hydrogens is 284 g/mol. The van der Waals surface area contributed by atoms with Crippen molar-refractivity contribution in [2.75, 3.05) is 19.7 Å². The molecule has 0 saturated carbocycles. The van der Waals surface area contributed by atoms with Crippen molar-refractivity contribution in [1.82, 2.24) is 19.9 Å². The molecule has 0 aliphatic carbocycles. The van der Waals surface area contributed by atoms with Crippen LogP contribution in [0.1, 0.15) is 33.9 Å². The third-order valence-corrected chi connectivity index (χ3v) is 4.60. The van der Waals surface area contributed by atoms with E-state index in [2.05, 4.69) is 26.8 Å². The second-order valence-electron chi connectivity index (χ2n) is 5.44. The molecule has 21 heavy (non-hydrogen) atoms. The summed E-state index contributed by atoms with van der Waals surface area (Å²) in [7, 11) is 0. The average molecular weight is 304 g/mol. The van der Waals surface area contributed by atoms with Crippen LogP contribution in [0.3, 0.4) is 0 Å². The molecule has 1 saturated heterocycles. The fraction of sp³-hybridized carbons (Fsp3) is 0.533.